The van der Waals surface area contributed by atoms with Crippen LogP contribution in [0.5, 0.6) is 0 Å². The van der Waals surface area contributed by atoms with Crippen molar-refractivity contribution < 1.29 is 4.74 Å². The zero-order chi connectivity index (χ0) is 16.5. The summed E-state index contributed by atoms with van der Waals surface area (Å²) in [5.41, 5.74) is 2.87. The third kappa shape index (κ3) is 2.88. The van der Waals surface area contributed by atoms with E-state index >= 15 is 0 Å². The van der Waals surface area contributed by atoms with Crippen LogP contribution in [0.1, 0.15) is 23.7 Å². The molecular formula is C18H25N5O. The van der Waals surface area contributed by atoms with Crippen molar-refractivity contribution >= 4 is 5.82 Å². The lowest BCUT2D eigenvalue weighted by Crippen LogP contribution is -2.63. The lowest BCUT2D eigenvalue weighted by molar-refractivity contribution is 0.0857. The second-order valence-corrected chi connectivity index (χ2v) is 6.91. The Morgan fingerprint density at radius 1 is 1.29 bits per heavy atom. The van der Waals surface area contributed by atoms with Crippen LogP contribution in [0.15, 0.2) is 6.07 Å². The fraction of sp³-hybridized carbons (Fsp3) is 0.667. The number of hydrogen-bond donors (Lipinski definition) is 0. The number of likely N-dealkylation sites (N-methyl/N-ethyl adjacent to an activating group) is 1. The van der Waals surface area contributed by atoms with Gasteiger partial charge in [-0.3, -0.25) is 4.90 Å². The maximum atomic E-state index is 9.49. The largest absolute Gasteiger partial charge is 0.376 e. The zero-order valence-electron chi connectivity index (χ0n) is 14.4. The number of pyridine rings is 1. The van der Waals surface area contributed by atoms with E-state index in [1.807, 2.05) is 6.07 Å². The van der Waals surface area contributed by atoms with Crippen molar-refractivity contribution in [3.63, 3.8) is 0 Å². The molecule has 0 N–H and O–H groups in total. The van der Waals surface area contributed by atoms with E-state index in [1.165, 1.54) is 13.1 Å². The highest BCUT2D eigenvalue weighted by atomic mass is 16.5. The van der Waals surface area contributed by atoms with Crippen molar-refractivity contribution in [2.75, 3.05) is 57.3 Å². The zero-order valence-corrected chi connectivity index (χ0v) is 14.4. The summed E-state index contributed by atoms with van der Waals surface area (Å²) in [5, 5.41) is 9.49. The number of ether oxygens (including phenoxy) is 1. The molecule has 0 bridgehead atoms. The first-order valence-electron chi connectivity index (χ1n) is 9.00. The highest BCUT2D eigenvalue weighted by Crippen LogP contribution is 2.29. The SMILES string of the molecule is CCN1CCN(C2CN(c3nc4c(cc3C#N)COCC4)C2)CC1. The van der Waals surface area contributed by atoms with Gasteiger partial charge in [-0.25, -0.2) is 4.98 Å². The molecule has 128 valence electrons. The quantitative estimate of drug-likeness (QED) is 0.820. The Hall–Kier alpha value is -1.68. The monoisotopic (exact) mass is 327 g/mol. The van der Waals surface area contributed by atoms with Gasteiger partial charge in [-0.05, 0) is 12.6 Å². The van der Waals surface area contributed by atoms with E-state index in [4.69, 9.17) is 9.72 Å². The predicted octanol–water partition coefficient (Wildman–Crippen LogP) is 0.852. The van der Waals surface area contributed by atoms with Crippen LogP contribution in [-0.4, -0.2) is 73.2 Å². The molecule has 3 aliphatic heterocycles. The third-order valence-electron chi connectivity index (χ3n) is 5.56. The molecule has 2 saturated heterocycles. The van der Waals surface area contributed by atoms with E-state index in [2.05, 4.69) is 27.7 Å². The molecule has 6 heteroatoms. The first-order chi connectivity index (χ1) is 11.8. The highest BCUT2D eigenvalue weighted by Gasteiger charge is 2.35. The van der Waals surface area contributed by atoms with Crippen LogP contribution in [-0.2, 0) is 17.8 Å². The number of anilines is 1. The molecule has 0 radical (unpaired) electrons. The molecule has 3 aliphatic rings. The minimum Gasteiger partial charge on any atom is -0.376 e. The Morgan fingerprint density at radius 3 is 2.79 bits per heavy atom. The third-order valence-corrected chi connectivity index (χ3v) is 5.56. The first kappa shape index (κ1) is 15.8. The number of nitrogens with zero attached hydrogens (tertiary/aromatic N) is 5. The van der Waals surface area contributed by atoms with Gasteiger partial charge in [0.05, 0.1) is 24.5 Å². The Balaban J connectivity index is 1.42. The minimum absolute atomic E-state index is 0.585. The van der Waals surface area contributed by atoms with Gasteiger partial charge in [0, 0.05) is 57.3 Å². The van der Waals surface area contributed by atoms with Crippen molar-refractivity contribution in [1.29, 1.82) is 5.26 Å². The Labute approximate surface area is 143 Å². The maximum absolute atomic E-state index is 9.49. The van der Waals surface area contributed by atoms with Crippen LogP contribution in [0.25, 0.3) is 0 Å². The molecule has 4 heterocycles. The van der Waals surface area contributed by atoms with Crippen molar-refractivity contribution in [1.82, 2.24) is 14.8 Å². The van der Waals surface area contributed by atoms with Gasteiger partial charge in [0.15, 0.2) is 0 Å². The van der Waals surface area contributed by atoms with E-state index in [0.29, 0.717) is 18.2 Å². The summed E-state index contributed by atoms with van der Waals surface area (Å²) in [6.07, 6.45) is 0.851. The molecule has 0 unspecified atom stereocenters. The number of piperazine rings is 1. The van der Waals surface area contributed by atoms with Gasteiger partial charge in [-0.1, -0.05) is 6.92 Å². The van der Waals surface area contributed by atoms with E-state index in [1.54, 1.807) is 0 Å². The van der Waals surface area contributed by atoms with Crippen LogP contribution >= 0.6 is 0 Å². The summed E-state index contributed by atoms with van der Waals surface area (Å²) in [7, 11) is 0. The second-order valence-electron chi connectivity index (χ2n) is 6.91. The molecule has 1 aromatic heterocycles. The van der Waals surface area contributed by atoms with Gasteiger partial charge in [0.1, 0.15) is 11.9 Å². The standard InChI is InChI=1S/C18H25N5O/c1-2-21-4-6-22(7-5-21)16-11-23(12-16)18-14(10-19)9-15-13-24-8-3-17(15)20-18/h9,16H,2-8,11-13H2,1H3. The summed E-state index contributed by atoms with van der Waals surface area (Å²) in [6.45, 7) is 11.3. The fourth-order valence-corrected chi connectivity index (χ4v) is 3.90. The topological polar surface area (TPSA) is 55.6 Å². The van der Waals surface area contributed by atoms with Crippen LogP contribution in [0, 0.1) is 11.3 Å². The van der Waals surface area contributed by atoms with Crippen molar-refractivity contribution in [3.8, 4) is 6.07 Å². The second kappa shape index (κ2) is 6.67. The molecule has 0 amide bonds. The summed E-state index contributed by atoms with van der Waals surface area (Å²) in [4.78, 5) is 12.2. The Morgan fingerprint density at radius 2 is 2.08 bits per heavy atom. The molecule has 0 aromatic carbocycles. The molecule has 0 aliphatic carbocycles. The number of hydrogen-bond acceptors (Lipinski definition) is 6. The molecular weight excluding hydrogens is 302 g/mol. The summed E-state index contributed by atoms with van der Waals surface area (Å²) >= 11 is 0. The smallest absolute Gasteiger partial charge is 0.146 e. The van der Waals surface area contributed by atoms with Gasteiger partial charge in [-0.2, -0.15) is 5.26 Å². The average Bonchev–Trinajstić information content (AvgIpc) is 2.60. The molecule has 2 fully saturated rings. The van der Waals surface area contributed by atoms with Gasteiger partial charge in [0.25, 0.3) is 0 Å². The minimum atomic E-state index is 0.585. The Kier molecular flexibility index (Phi) is 4.40. The van der Waals surface area contributed by atoms with E-state index in [9.17, 15) is 5.26 Å². The molecule has 0 saturated carbocycles. The Bertz CT molecular complexity index is 642. The van der Waals surface area contributed by atoms with E-state index in [-0.39, 0.29) is 0 Å². The van der Waals surface area contributed by atoms with Gasteiger partial charge in [0.2, 0.25) is 0 Å². The highest BCUT2D eigenvalue weighted by molar-refractivity contribution is 5.58. The van der Waals surface area contributed by atoms with E-state index in [0.717, 1.165) is 62.8 Å². The fourth-order valence-electron chi connectivity index (χ4n) is 3.90. The first-order valence-corrected chi connectivity index (χ1v) is 9.00. The molecule has 4 rings (SSSR count). The number of aromatic nitrogens is 1. The van der Waals surface area contributed by atoms with E-state index < -0.39 is 0 Å². The van der Waals surface area contributed by atoms with Gasteiger partial charge in [-0.15, -0.1) is 0 Å². The average molecular weight is 327 g/mol. The maximum Gasteiger partial charge on any atom is 0.146 e. The number of nitriles is 1. The van der Waals surface area contributed by atoms with Crippen LogP contribution in [0.2, 0.25) is 0 Å². The van der Waals surface area contributed by atoms with Gasteiger partial charge >= 0.3 is 0 Å². The van der Waals surface area contributed by atoms with Crippen molar-refractivity contribution in [3.05, 3.63) is 22.9 Å². The normalized spacial score (nSPS) is 22.8. The molecule has 0 atom stereocenters. The van der Waals surface area contributed by atoms with Gasteiger partial charge < -0.3 is 14.5 Å². The number of fused-ring (bicyclic) bond motifs is 1. The number of rotatable bonds is 3. The lowest BCUT2D eigenvalue weighted by atomic mass is 10.0. The van der Waals surface area contributed by atoms with Crippen LogP contribution in [0.4, 0.5) is 5.82 Å². The predicted molar refractivity (Wildman–Crippen MR) is 92.0 cm³/mol. The lowest BCUT2D eigenvalue weighted by Gasteiger charge is -2.48. The van der Waals surface area contributed by atoms with Crippen molar-refractivity contribution in [2.45, 2.75) is 26.0 Å². The summed E-state index contributed by atoms with van der Waals surface area (Å²) < 4.78 is 5.48. The molecule has 1 aromatic rings. The van der Waals surface area contributed by atoms with Crippen LogP contribution < -0.4 is 4.90 Å². The molecule has 24 heavy (non-hydrogen) atoms. The van der Waals surface area contributed by atoms with Crippen molar-refractivity contribution in [2.24, 2.45) is 0 Å². The summed E-state index contributed by atoms with van der Waals surface area (Å²) in [6, 6.07) is 4.91. The molecule has 6 nitrogen and oxygen atoms in total. The van der Waals surface area contributed by atoms with Crippen LogP contribution in [0.3, 0.4) is 0 Å². The molecule has 0 spiro atoms. The summed E-state index contributed by atoms with van der Waals surface area (Å²) in [5.74, 6) is 0.876.